The molecular formula is C14H17NO3. The maximum atomic E-state index is 10.1. The molecule has 18 heavy (non-hydrogen) atoms. The van der Waals surface area contributed by atoms with Crippen LogP contribution < -0.4 is 0 Å². The molecule has 0 spiro atoms. The van der Waals surface area contributed by atoms with Crippen molar-refractivity contribution in [3.8, 4) is 0 Å². The normalized spacial score (nSPS) is 12.8. The summed E-state index contributed by atoms with van der Waals surface area (Å²) in [5.74, 6) is 0. The largest absolute Gasteiger partial charge is 0.386 e. The molecule has 4 nitrogen and oxygen atoms in total. The maximum absolute atomic E-state index is 10.1. The summed E-state index contributed by atoms with van der Waals surface area (Å²) in [6.45, 7) is 1.28. The number of aliphatic hydroxyl groups is 1. The standard InChI is InChI=1S/C14H17NO3/c1-17-8-9-18-10-14(16)12-4-2-6-13-11(12)5-3-7-15-13/h2-7,14,16H,8-10H2,1H3. The van der Waals surface area contributed by atoms with Crippen molar-refractivity contribution in [3.05, 3.63) is 42.1 Å². The number of hydrogen-bond donors (Lipinski definition) is 1. The quantitative estimate of drug-likeness (QED) is 0.792. The van der Waals surface area contributed by atoms with E-state index < -0.39 is 6.10 Å². The van der Waals surface area contributed by atoms with E-state index in [0.29, 0.717) is 13.2 Å². The van der Waals surface area contributed by atoms with Crippen LogP contribution in [-0.2, 0) is 9.47 Å². The summed E-state index contributed by atoms with van der Waals surface area (Å²) in [5, 5.41) is 11.1. The van der Waals surface area contributed by atoms with Crippen molar-refractivity contribution >= 4 is 10.9 Å². The van der Waals surface area contributed by atoms with Crippen LogP contribution in [0.5, 0.6) is 0 Å². The number of nitrogens with zero attached hydrogens (tertiary/aromatic N) is 1. The van der Waals surface area contributed by atoms with Gasteiger partial charge in [-0.15, -0.1) is 0 Å². The molecule has 0 aliphatic rings. The molecular weight excluding hydrogens is 230 g/mol. The second-order valence-electron chi connectivity index (χ2n) is 4.00. The molecule has 1 aromatic carbocycles. The Labute approximate surface area is 106 Å². The lowest BCUT2D eigenvalue weighted by Gasteiger charge is -2.13. The van der Waals surface area contributed by atoms with Gasteiger partial charge in [0, 0.05) is 18.7 Å². The molecule has 0 aliphatic heterocycles. The Hall–Kier alpha value is -1.49. The van der Waals surface area contributed by atoms with Crippen LogP contribution in [0.2, 0.25) is 0 Å². The molecule has 0 amide bonds. The van der Waals surface area contributed by atoms with Crippen LogP contribution in [-0.4, -0.2) is 37.0 Å². The van der Waals surface area contributed by atoms with Gasteiger partial charge in [-0.2, -0.15) is 0 Å². The van der Waals surface area contributed by atoms with E-state index in [1.54, 1.807) is 13.3 Å². The average Bonchev–Trinajstić information content (AvgIpc) is 2.43. The van der Waals surface area contributed by atoms with Crippen LogP contribution >= 0.6 is 0 Å². The number of pyridine rings is 1. The van der Waals surface area contributed by atoms with Crippen molar-refractivity contribution in [1.82, 2.24) is 4.98 Å². The number of methoxy groups -OCH3 is 1. The van der Waals surface area contributed by atoms with E-state index in [-0.39, 0.29) is 6.61 Å². The first-order valence-corrected chi connectivity index (χ1v) is 5.91. The van der Waals surface area contributed by atoms with Crippen LogP contribution in [0.1, 0.15) is 11.7 Å². The van der Waals surface area contributed by atoms with E-state index in [4.69, 9.17) is 9.47 Å². The third-order valence-corrected chi connectivity index (χ3v) is 2.75. The molecule has 2 aromatic rings. The Kier molecular flexibility index (Phi) is 4.64. The Bertz CT molecular complexity index is 496. The molecule has 1 N–H and O–H groups in total. The lowest BCUT2D eigenvalue weighted by molar-refractivity contribution is 0.0131. The molecule has 0 fully saturated rings. The number of benzene rings is 1. The van der Waals surface area contributed by atoms with Crippen molar-refractivity contribution in [1.29, 1.82) is 0 Å². The number of rotatable bonds is 6. The van der Waals surface area contributed by atoms with Crippen molar-refractivity contribution in [2.75, 3.05) is 26.9 Å². The summed E-state index contributed by atoms with van der Waals surface area (Å²) >= 11 is 0. The van der Waals surface area contributed by atoms with Crippen molar-refractivity contribution in [2.45, 2.75) is 6.10 Å². The number of aliphatic hydroxyl groups excluding tert-OH is 1. The summed E-state index contributed by atoms with van der Waals surface area (Å²) in [5.41, 5.74) is 1.73. The van der Waals surface area contributed by atoms with Crippen LogP contribution in [0.25, 0.3) is 10.9 Å². The van der Waals surface area contributed by atoms with E-state index >= 15 is 0 Å². The molecule has 0 bridgehead atoms. The van der Waals surface area contributed by atoms with Gasteiger partial charge in [-0.25, -0.2) is 0 Å². The van der Waals surface area contributed by atoms with Gasteiger partial charge in [-0.1, -0.05) is 18.2 Å². The third kappa shape index (κ3) is 3.04. The van der Waals surface area contributed by atoms with Gasteiger partial charge < -0.3 is 14.6 Å². The first-order chi connectivity index (χ1) is 8.83. The molecule has 1 atom stereocenters. The van der Waals surface area contributed by atoms with Crippen LogP contribution in [0.3, 0.4) is 0 Å². The Balaban J connectivity index is 2.10. The van der Waals surface area contributed by atoms with E-state index in [2.05, 4.69) is 4.98 Å². The van der Waals surface area contributed by atoms with E-state index in [1.165, 1.54) is 0 Å². The van der Waals surface area contributed by atoms with Crippen LogP contribution in [0.15, 0.2) is 36.5 Å². The third-order valence-electron chi connectivity index (χ3n) is 2.75. The molecule has 1 aromatic heterocycles. The molecule has 1 unspecified atom stereocenters. The second-order valence-corrected chi connectivity index (χ2v) is 4.00. The lowest BCUT2D eigenvalue weighted by atomic mass is 10.0. The fourth-order valence-electron chi connectivity index (χ4n) is 1.84. The Morgan fingerprint density at radius 3 is 2.94 bits per heavy atom. The highest BCUT2D eigenvalue weighted by Gasteiger charge is 2.11. The zero-order valence-corrected chi connectivity index (χ0v) is 10.4. The fraction of sp³-hybridized carbons (Fsp3) is 0.357. The summed E-state index contributed by atoms with van der Waals surface area (Å²) in [6, 6.07) is 9.54. The average molecular weight is 247 g/mol. The zero-order valence-electron chi connectivity index (χ0n) is 10.4. The van der Waals surface area contributed by atoms with Gasteiger partial charge in [0.2, 0.25) is 0 Å². The summed E-state index contributed by atoms with van der Waals surface area (Å²) < 4.78 is 10.2. The predicted molar refractivity (Wildman–Crippen MR) is 69.4 cm³/mol. The van der Waals surface area contributed by atoms with Crippen molar-refractivity contribution in [2.24, 2.45) is 0 Å². The molecule has 0 saturated heterocycles. The van der Waals surface area contributed by atoms with Gasteiger partial charge in [0.15, 0.2) is 0 Å². The van der Waals surface area contributed by atoms with Crippen molar-refractivity contribution in [3.63, 3.8) is 0 Å². The highest BCUT2D eigenvalue weighted by molar-refractivity contribution is 5.82. The van der Waals surface area contributed by atoms with Gasteiger partial charge >= 0.3 is 0 Å². The van der Waals surface area contributed by atoms with Gasteiger partial charge in [-0.05, 0) is 17.7 Å². The van der Waals surface area contributed by atoms with E-state index in [0.717, 1.165) is 16.5 Å². The minimum Gasteiger partial charge on any atom is -0.386 e. The van der Waals surface area contributed by atoms with Crippen molar-refractivity contribution < 1.29 is 14.6 Å². The van der Waals surface area contributed by atoms with Gasteiger partial charge in [0.25, 0.3) is 0 Å². The molecule has 2 rings (SSSR count). The molecule has 1 heterocycles. The maximum Gasteiger partial charge on any atom is 0.103 e. The summed E-state index contributed by atoms with van der Waals surface area (Å²) in [6.07, 6.45) is 1.10. The SMILES string of the molecule is COCCOCC(O)c1cccc2ncccc12. The molecule has 4 heteroatoms. The number of fused-ring (bicyclic) bond motifs is 1. The van der Waals surface area contributed by atoms with Crippen LogP contribution in [0, 0.1) is 0 Å². The van der Waals surface area contributed by atoms with E-state index in [1.807, 2.05) is 30.3 Å². The topological polar surface area (TPSA) is 51.6 Å². The highest BCUT2D eigenvalue weighted by Crippen LogP contribution is 2.22. The fourth-order valence-corrected chi connectivity index (χ4v) is 1.84. The first-order valence-electron chi connectivity index (χ1n) is 5.91. The molecule has 0 aliphatic carbocycles. The number of ether oxygens (including phenoxy) is 2. The molecule has 96 valence electrons. The monoisotopic (exact) mass is 247 g/mol. The number of aromatic nitrogens is 1. The minimum absolute atomic E-state index is 0.261. The smallest absolute Gasteiger partial charge is 0.103 e. The van der Waals surface area contributed by atoms with Crippen LogP contribution in [0.4, 0.5) is 0 Å². The van der Waals surface area contributed by atoms with Gasteiger partial charge in [-0.3, -0.25) is 4.98 Å². The summed E-state index contributed by atoms with van der Waals surface area (Å²) in [7, 11) is 1.62. The van der Waals surface area contributed by atoms with Gasteiger partial charge in [0.1, 0.15) is 6.10 Å². The van der Waals surface area contributed by atoms with Gasteiger partial charge in [0.05, 0.1) is 25.3 Å². The predicted octanol–water partition coefficient (Wildman–Crippen LogP) is 1.93. The Morgan fingerprint density at radius 2 is 2.11 bits per heavy atom. The highest BCUT2D eigenvalue weighted by atomic mass is 16.5. The molecule has 0 radical (unpaired) electrons. The molecule has 0 saturated carbocycles. The Morgan fingerprint density at radius 1 is 1.22 bits per heavy atom. The number of hydrogen-bond acceptors (Lipinski definition) is 4. The minimum atomic E-state index is -0.644. The second kappa shape index (κ2) is 6.44. The zero-order chi connectivity index (χ0) is 12.8. The van der Waals surface area contributed by atoms with E-state index in [9.17, 15) is 5.11 Å². The first kappa shape index (κ1) is 13.0. The lowest BCUT2D eigenvalue weighted by Crippen LogP contribution is -2.11. The summed E-state index contributed by atoms with van der Waals surface area (Å²) in [4.78, 5) is 4.26.